The first kappa shape index (κ1) is 19.1. The number of sulfonamides is 1. The first-order chi connectivity index (χ1) is 13.5. The second-order valence-corrected chi connectivity index (χ2v) is 9.65. The van der Waals surface area contributed by atoms with Crippen LogP contribution in [0.25, 0.3) is 4.96 Å². The fourth-order valence-corrected chi connectivity index (χ4v) is 5.60. The summed E-state index contributed by atoms with van der Waals surface area (Å²) in [6.07, 6.45) is 5.71. The summed E-state index contributed by atoms with van der Waals surface area (Å²) in [6, 6.07) is 8.27. The minimum atomic E-state index is -3.44. The molecule has 3 aromatic rings. The Bertz CT molecular complexity index is 1110. The molecular weight excluding hydrogens is 396 g/mol. The number of fused-ring (bicyclic) bond motifs is 1. The van der Waals surface area contributed by atoms with Crippen molar-refractivity contribution in [2.45, 2.75) is 37.1 Å². The van der Waals surface area contributed by atoms with Gasteiger partial charge in [0.25, 0.3) is 5.56 Å². The quantitative estimate of drug-likeness (QED) is 0.689. The number of hydrogen-bond donors (Lipinski definition) is 1. The number of thiazole rings is 1. The van der Waals surface area contributed by atoms with Gasteiger partial charge in [0.2, 0.25) is 10.0 Å². The van der Waals surface area contributed by atoms with Gasteiger partial charge in [0.1, 0.15) is 0 Å². The van der Waals surface area contributed by atoms with E-state index < -0.39 is 10.0 Å². The van der Waals surface area contributed by atoms with Gasteiger partial charge in [-0.1, -0.05) is 12.8 Å². The predicted octanol–water partition coefficient (Wildman–Crippen LogP) is 2.93. The molecule has 28 heavy (non-hydrogen) atoms. The lowest BCUT2D eigenvalue weighted by atomic mass is 10.2. The molecule has 1 N–H and O–H groups in total. The highest BCUT2D eigenvalue weighted by molar-refractivity contribution is 7.89. The number of benzene rings is 1. The van der Waals surface area contributed by atoms with E-state index in [1.54, 1.807) is 34.8 Å². The Balaban J connectivity index is 1.46. The summed E-state index contributed by atoms with van der Waals surface area (Å²) in [5.41, 5.74) is 1.32. The van der Waals surface area contributed by atoms with E-state index in [4.69, 9.17) is 0 Å². The standard InChI is InChI=1S/C19H22N4O3S2/c24-18-13-16(21-19-23(18)11-12-27-19)14-20-15-5-7-17(8-6-15)28(25,26)22-9-3-1-2-4-10-22/h5-8,11-13,20H,1-4,9-10,14H2. The van der Waals surface area contributed by atoms with Crippen LogP contribution in [0.2, 0.25) is 0 Å². The molecule has 0 aliphatic carbocycles. The normalized spacial score (nSPS) is 16.1. The topological polar surface area (TPSA) is 83.8 Å². The van der Waals surface area contributed by atoms with Crippen LogP contribution >= 0.6 is 11.3 Å². The van der Waals surface area contributed by atoms with Gasteiger partial charge in [0.15, 0.2) is 4.96 Å². The zero-order valence-electron chi connectivity index (χ0n) is 15.4. The van der Waals surface area contributed by atoms with Crippen molar-refractivity contribution < 1.29 is 8.42 Å². The average Bonchev–Trinajstić information content (AvgIpc) is 2.99. The van der Waals surface area contributed by atoms with Crippen molar-refractivity contribution >= 4 is 32.0 Å². The number of anilines is 1. The Morgan fingerprint density at radius 1 is 1.07 bits per heavy atom. The second kappa shape index (κ2) is 8.02. The van der Waals surface area contributed by atoms with Crippen LogP contribution in [-0.4, -0.2) is 35.2 Å². The molecule has 1 aromatic carbocycles. The van der Waals surface area contributed by atoms with Gasteiger partial charge in [-0.25, -0.2) is 13.4 Å². The molecule has 0 atom stereocenters. The summed E-state index contributed by atoms with van der Waals surface area (Å²) in [6.45, 7) is 1.57. The summed E-state index contributed by atoms with van der Waals surface area (Å²) in [7, 11) is -3.44. The van der Waals surface area contributed by atoms with Crippen molar-refractivity contribution in [3.63, 3.8) is 0 Å². The molecule has 1 fully saturated rings. The van der Waals surface area contributed by atoms with Gasteiger partial charge in [-0.2, -0.15) is 4.31 Å². The van der Waals surface area contributed by atoms with E-state index in [2.05, 4.69) is 10.3 Å². The van der Waals surface area contributed by atoms with Crippen LogP contribution in [-0.2, 0) is 16.6 Å². The Morgan fingerprint density at radius 2 is 1.79 bits per heavy atom. The molecule has 0 amide bonds. The number of nitrogens with one attached hydrogen (secondary N) is 1. The SMILES string of the molecule is O=c1cc(CNc2ccc(S(=O)(=O)N3CCCCCC3)cc2)nc2sccn12. The highest BCUT2D eigenvalue weighted by atomic mass is 32.2. The van der Waals surface area contributed by atoms with Crippen LogP contribution in [0.4, 0.5) is 5.69 Å². The third kappa shape index (κ3) is 3.96. The van der Waals surface area contributed by atoms with Gasteiger partial charge in [0.05, 0.1) is 17.1 Å². The maximum Gasteiger partial charge on any atom is 0.258 e. The summed E-state index contributed by atoms with van der Waals surface area (Å²) in [5, 5.41) is 5.02. The molecule has 148 valence electrons. The lowest BCUT2D eigenvalue weighted by Crippen LogP contribution is -2.31. The molecule has 0 radical (unpaired) electrons. The molecule has 0 unspecified atom stereocenters. The van der Waals surface area contributed by atoms with Crippen LogP contribution in [0.3, 0.4) is 0 Å². The van der Waals surface area contributed by atoms with Gasteiger partial charge < -0.3 is 5.32 Å². The fraction of sp³-hybridized carbons (Fsp3) is 0.368. The molecule has 3 heterocycles. The Labute approximate surface area is 167 Å². The summed E-state index contributed by atoms with van der Waals surface area (Å²) < 4.78 is 28.8. The zero-order valence-corrected chi connectivity index (χ0v) is 17.0. The predicted molar refractivity (Wildman–Crippen MR) is 110 cm³/mol. The Morgan fingerprint density at radius 3 is 2.50 bits per heavy atom. The molecule has 0 saturated carbocycles. The maximum atomic E-state index is 12.8. The van der Waals surface area contributed by atoms with Gasteiger partial charge in [-0.3, -0.25) is 9.20 Å². The van der Waals surface area contributed by atoms with Crippen molar-refractivity contribution in [2.24, 2.45) is 0 Å². The number of nitrogens with zero attached hydrogens (tertiary/aromatic N) is 3. The molecule has 1 aliphatic heterocycles. The van der Waals surface area contributed by atoms with Crippen molar-refractivity contribution in [3.8, 4) is 0 Å². The van der Waals surface area contributed by atoms with E-state index in [1.165, 1.54) is 21.8 Å². The molecular formula is C19H22N4O3S2. The van der Waals surface area contributed by atoms with E-state index in [-0.39, 0.29) is 5.56 Å². The molecule has 9 heteroatoms. The molecule has 7 nitrogen and oxygen atoms in total. The van der Waals surface area contributed by atoms with Crippen LogP contribution in [0.5, 0.6) is 0 Å². The fourth-order valence-electron chi connectivity index (χ4n) is 3.35. The van der Waals surface area contributed by atoms with Gasteiger partial charge >= 0.3 is 0 Å². The van der Waals surface area contributed by atoms with E-state index in [0.29, 0.717) is 35.2 Å². The first-order valence-corrected chi connectivity index (χ1v) is 11.7. The zero-order chi connectivity index (χ0) is 19.6. The summed E-state index contributed by atoms with van der Waals surface area (Å²) in [4.78, 5) is 17.5. The highest BCUT2D eigenvalue weighted by Crippen LogP contribution is 2.22. The van der Waals surface area contributed by atoms with E-state index in [9.17, 15) is 13.2 Å². The van der Waals surface area contributed by atoms with Crippen LogP contribution < -0.4 is 10.9 Å². The van der Waals surface area contributed by atoms with Crippen molar-refractivity contribution in [3.05, 3.63) is 58.0 Å². The van der Waals surface area contributed by atoms with Crippen LogP contribution in [0, 0.1) is 0 Å². The van der Waals surface area contributed by atoms with Crippen molar-refractivity contribution in [1.29, 1.82) is 0 Å². The van der Waals surface area contributed by atoms with Gasteiger partial charge in [0, 0.05) is 36.4 Å². The summed E-state index contributed by atoms with van der Waals surface area (Å²) >= 11 is 1.41. The third-order valence-electron chi connectivity index (χ3n) is 4.89. The maximum absolute atomic E-state index is 12.8. The minimum absolute atomic E-state index is 0.109. The average molecular weight is 419 g/mol. The lowest BCUT2D eigenvalue weighted by Gasteiger charge is -2.20. The van der Waals surface area contributed by atoms with E-state index in [1.807, 2.05) is 5.38 Å². The van der Waals surface area contributed by atoms with Crippen molar-refractivity contribution in [1.82, 2.24) is 13.7 Å². The van der Waals surface area contributed by atoms with E-state index >= 15 is 0 Å². The molecule has 0 spiro atoms. The Hall–Kier alpha value is -2.23. The van der Waals surface area contributed by atoms with Crippen LogP contribution in [0.15, 0.2) is 51.6 Å². The monoisotopic (exact) mass is 418 g/mol. The summed E-state index contributed by atoms with van der Waals surface area (Å²) in [5.74, 6) is 0. The first-order valence-electron chi connectivity index (χ1n) is 9.34. The molecule has 4 rings (SSSR count). The lowest BCUT2D eigenvalue weighted by molar-refractivity contribution is 0.424. The smallest absolute Gasteiger partial charge is 0.258 e. The largest absolute Gasteiger partial charge is 0.379 e. The number of aromatic nitrogens is 2. The third-order valence-corrected chi connectivity index (χ3v) is 7.56. The minimum Gasteiger partial charge on any atom is -0.379 e. The molecule has 1 aliphatic rings. The van der Waals surface area contributed by atoms with Gasteiger partial charge in [-0.15, -0.1) is 11.3 Å². The molecule has 1 saturated heterocycles. The highest BCUT2D eigenvalue weighted by Gasteiger charge is 2.24. The molecule has 2 aromatic heterocycles. The number of hydrogen-bond acceptors (Lipinski definition) is 6. The number of rotatable bonds is 5. The molecule has 0 bridgehead atoms. The Kier molecular flexibility index (Phi) is 5.47. The second-order valence-electron chi connectivity index (χ2n) is 6.84. The van der Waals surface area contributed by atoms with Crippen LogP contribution in [0.1, 0.15) is 31.4 Å². The van der Waals surface area contributed by atoms with Crippen molar-refractivity contribution in [2.75, 3.05) is 18.4 Å². The van der Waals surface area contributed by atoms with Gasteiger partial charge in [-0.05, 0) is 37.1 Å². The van der Waals surface area contributed by atoms with E-state index in [0.717, 1.165) is 31.4 Å².